The van der Waals surface area contributed by atoms with Crippen LogP contribution >= 0.6 is 23.2 Å². The fourth-order valence-corrected chi connectivity index (χ4v) is 3.18. The summed E-state index contributed by atoms with van der Waals surface area (Å²) in [6.45, 7) is -0.0339. The third-order valence-electron chi connectivity index (χ3n) is 4.38. The summed E-state index contributed by atoms with van der Waals surface area (Å²) in [4.78, 5) is 2.94. The quantitative estimate of drug-likeness (QED) is 0.646. The summed E-state index contributed by atoms with van der Waals surface area (Å²) in [5.74, 6) is -1.78. The third kappa shape index (κ3) is 2.88. The Kier molecular flexibility index (Phi) is 4.28. The number of imidazole rings is 1. The Bertz CT molecular complexity index is 829. The lowest BCUT2D eigenvalue weighted by Gasteiger charge is -2.34. The van der Waals surface area contributed by atoms with Gasteiger partial charge in [-0.25, -0.2) is 13.8 Å². The van der Waals surface area contributed by atoms with Gasteiger partial charge in [0.25, 0.3) is 0 Å². The molecule has 0 amide bonds. The molecule has 1 aliphatic rings. The molecule has 2 aromatic rings. The van der Waals surface area contributed by atoms with Crippen molar-refractivity contribution in [3.8, 4) is 6.07 Å². The summed E-state index contributed by atoms with van der Waals surface area (Å²) >= 11 is 12.1. The molecule has 0 saturated heterocycles. The van der Waals surface area contributed by atoms with Gasteiger partial charge in [0.15, 0.2) is 0 Å². The maximum atomic E-state index is 14.2. The fraction of sp³-hybridized carbons (Fsp3) is 0.375. The predicted molar refractivity (Wildman–Crippen MR) is 84.8 cm³/mol. The molecule has 8 heteroatoms. The van der Waals surface area contributed by atoms with Crippen molar-refractivity contribution in [2.24, 2.45) is 0 Å². The van der Waals surface area contributed by atoms with Gasteiger partial charge in [-0.2, -0.15) is 5.26 Å². The number of rotatable bonds is 5. The number of alkyl halides is 1. The molecule has 1 aromatic heterocycles. The number of halogens is 4. The topological polar surface area (TPSA) is 61.8 Å². The highest BCUT2D eigenvalue weighted by atomic mass is 35.5. The van der Waals surface area contributed by atoms with E-state index in [-0.39, 0.29) is 24.2 Å². The van der Waals surface area contributed by atoms with E-state index < -0.39 is 27.1 Å². The van der Waals surface area contributed by atoms with E-state index in [4.69, 9.17) is 28.5 Å². The van der Waals surface area contributed by atoms with E-state index in [2.05, 4.69) is 4.98 Å². The van der Waals surface area contributed by atoms with Crippen molar-refractivity contribution in [1.82, 2.24) is 9.55 Å². The maximum absolute atomic E-state index is 14.2. The number of benzene rings is 1. The molecule has 4 nitrogen and oxygen atoms in total. The van der Waals surface area contributed by atoms with E-state index in [9.17, 15) is 13.9 Å². The van der Waals surface area contributed by atoms with Gasteiger partial charge in [-0.05, 0) is 24.5 Å². The Labute approximate surface area is 147 Å². The molecule has 1 aromatic carbocycles. The zero-order valence-corrected chi connectivity index (χ0v) is 14.0. The standard InChI is InChI=1S/C16H13Cl2F2N3O/c17-13-12(19)2-1-10(14(13)20)5-16(24,15(18)3-4-15)8-23-9-22-7-11(23)6-21/h1-2,7,9,24H,3-5,8H2. The second-order valence-electron chi connectivity index (χ2n) is 6.03. The van der Waals surface area contributed by atoms with Crippen LogP contribution < -0.4 is 0 Å². The van der Waals surface area contributed by atoms with Crippen molar-refractivity contribution < 1.29 is 13.9 Å². The average molecular weight is 372 g/mol. The summed E-state index contributed by atoms with van der Waals surface area (Å²) in [6.07, 6.45) is 3.71. The first-order valence-electron chi connectivity index (χ1n) is 7.23. The van der Waals surface area contributed by atoms with E-state index in [0.29, 0.717) is 12.8 Å². The van der Waals surface area contributed by atoms with Gasteiger partial charge in [0.05, 0.1) is 23.9 Å². The third-order valence-corrected chi connectivity index (χ3v) is 5.46. The van der Waals surface area contributed by atoms with Crippen LogP contribution in [0.2, 0.25) is 5.02 Å². The first kappa shape index (κ1) is 17.2. The SMILES string of the molecule is N#Cc1cncn1CC(O)(Cc1ccc(F)c(Cl)c1F)C1(Cl)CC1. The molecule has 24 heavy (non-hydrogen) atoms. The molecule has 0 spiro atoms. The number of nitrogens with zero attached hydrogens (tertiary/aromatic N) is 3. The average Bonchev–Trinajstić information content (AvgIpc) is 3.16. The molecule has 1 atom stereocenters. The normalized spacial score (nSPS) is 18.0. The molecule has 126 valence electrons. The van der Waals surface area contributed by atoms with Crippen LogP contribution in [0.4, 0.5) is 8.78 Å². The minimum Gasteiger partial charge on any atom is -0.386 e. The van der Waals surface area contributed by atoms with Crippen molar-refractivity contribution in [3.63, 3.8) is 0 Å². The van der Waals surface area contributed by atoms with E-state index >= 15 is 0 Å². The van der Waals surface area contributed by atoms with Crippen LogP contribution in [0.1, 0.15) is 24.1 Å². The lowest BCUT2D eigenvalue weighted by molar-refractivity contribution is 0.00993. The summed E-state index contributed by atoms with van der Waals surface area (Å²) in [7, 11) is 0. The van der Waals surface area contributed by atoms with Crippen LogP contribution in [0, 0.1) is 23.0 Å². The van der Waals surface area contributed by atoms with Crippen molar-refractivity contribution in [2.75, 3.05) is 0 Å². The van der Waals surface area contributed by atoms with E-state index in [1.807, 2.05) is 6.07 Å². The molecule has 1 unspecified atom stereocenters. The number of nitriles is 1. The second kappa shape index (κ2) is 5.99. The minimum absolute atomic E-state index is 0.0339. The Hall–Kier alpha value is -1.68. The van der Waals surface area contributed by atoms with Crippen LogP contribution in [-0.2, 0) is 13.0 Å². The highest BCUT2D eigenvalue weighted by Crippen LogP contribution is 2.53. The largest absolute Gasteiger partial charge is 0.386 e. The molecule has 0 aliphatic heterocycles. The van der Waals surface area contributed by atoms with Gasteiger partial charge in [-0.1, -0.05) is 17.7 Å². The van der Waals surface area contributed by atoms with E-state index in [0.717, 1.165) is 6.07 Å². The van der Waals surface area contributed by atoms with Gasteiger partial charge in [0.1, 0.15) is 34.0 Å². The van der Waals surface area contributed by atoms with Gasteiger partial charge in [0.2, 0.25) is 0 Å². The van der Waals surface area contributed by atoms with E-state index in [1.54, 1.807) is 0 Å². The zero-order valence-electron chi connectivity index (χ0n) is 12.4. The molecular weight excluding hydrogens is 359 g/mol. The Morgan fingerprint density at radius 2 is 2.12 bits per heavy atom. The van der Waals surface area contributed by atoms with Crippen LogP contribution in [0.5, 0.6) is 0 Å². The molecule has 1 heterocycles. The maximum Gasteiger partial charge on any atom is 0.148 e. The number of hydrogen-bond donors (Lipinski definition) is 1. The summed E-state index contributed by atoms with van der Waals surface area (Å²) in [5, 5.41) is 19.6. The molecule has 1 N–H and O–H groups in total. The highest BCUT2D eigenvalue weighted by molar-refractivity contribution is 6.31. The number of aliphatic hydroxyl groups is 1. The molecule has 3 rings (SSSR count). The summed E-state index contributed by atoms with van der Waals surface area (Å²) in [5.41, 5.74) is -1.22. The van der Waals surface area contributed by atoms with Crippen molar-refractivity contribution in [1.29, 1.82) is 5.26 Å². The van der Waals surface area contributed by atoms with Crippen LogP contribution in [0.15, 0.2) is 24.7 Å². The Morgan fingerprint density at radius 3 is 2.75 bits per heavy atom. The van der Waals surface area contributed by atoms with Crippen molar-refractivity contribution in [2.45, 2.75) is 36.3 Å². The molecule has 1 aliphatic carbocycles. The molecule has 0 radical (unpaired) electrons. The van der Waals surface area contributed by atoms with Gasteiger partial charge >= 0.3 is 0 Å². The summed E-state index contributed by atoms with van der Waals surface area (Å²) < 4.78 is 29.0. The Morgan fingerprint density at radius 1 is 1.42 bits per heavy atom. The van der Waals surface area contributed by atoms with Gasteiger partial charge in [-0.3, -0.25) is 0 Å². The first-order chi connectivity index (χ1) is 11.3. The van der Waals surface area contributed by atoms with Gasteiger partial charge in [0, 0.05) is 6.42 Å². The van der Waals surface area contributed by atoms with Crippen LogP contribution in [0.25, 0.3) is 0 Å². The fourth-order valence-electron chi connectivity index (χ4n) is 2.77. The monoisotopic (exact) mass is 371 g/mol. The smallest absolute Gasteiger partial charge is 0.148 e. The number of aromatic nitrogens is 2. The Balaban J connectivity index is 1.96. The molecule has 0 bridgehead atoms. The summed E-state index contributed by atoms with van der Waals surface area (Å²) in [6, 6.07) is 4.25. The van der Waals surface area contributed by atoms with E-state index in [1.165, 1.54) is 23.2 Å². The van der Waals surface area contributed by atoms with Crippen molar-refractivity contribution >= 4 is 23.2 Å². The molecular formula is C16H13Cl2F2N3O. The number of hydrogen-bond acceptors (Lipinski definition) is 3. The zero-order chi connectivity index (χ0) is 17.5. The lowest BCUT2D eigenvalue weighted by Crippen LogP contribution is -2.47. The second-order valence-corrected chi connectivity index (χ2v) is 7.13. The predicted octanol–water partition coefficient (Wildman–Crippen LogP) is 3.43. The van der Waals surface area contributed by atoms with Gasteiger partial charge < -0.3 is 9.67 Å². The first-order valence-corrected chi connectivity index (χ1v) is 7.99. The van der Waals surface area contributed by atoms with Crippen LogP contribution in [-0.4, -0.2) is 25.1 Å². The lowest BCUT2D eigenvalue weighted by atomic mass is 9.88. The van der Waals surface area contributed by atoms with Gasteiger partial charge in [-0.15, -0.1) is 11.6 Å². The molecule has 1 fully saturated rings. The molecule has 1 saturated carbocycles. The van der Waals surface area contributed by atoms with Crippen LogP contribution in [0.3, 0.4) is 0 Å². The highest BCUT2D eigenvalue weighted by Gasteiger charge is 2.58. The van der Waals surface area contributed by atoms with Crippen molar-refractivity contribution in [3.05, 3.63) is 52.6 Å². The minimum atomic E-state index is -1.54.